The second-order valence-corrected chi connectivity index (χ2v) is 6.16. The Morgan fingerprint density at radius 2 is 1.81 bits per heavy atom. The average Bonchev–Trinajstić information content (AvgIpc) is 3.05. The topological polar surface area (TPSA) is 83.8 Å². The minimum atomic E-state index is -0.471. The first-order valence-corrected chi connectivity index (χ1v) is 8.41. The van der Waals surface area contributed by atoms with Crippen molar-refractivity contribution in [3.63, 3.8) is 0 Å². The van der Waals surface area contributed by atoms with Gasteiger partial charge in [0.05, 0.1) is 11.3 Å². The maximum Gasteiger partial charge on any atom is 0.269 e. The summed E-state index contributed by atoms with van der Waals surface area (Å²) >= 11 is 0. The summed E-state index contributed by atoms with van der Waals surface area (Å²) in [5.74, 6) is -0.112. The zero-order chi connectivity index (χ0) is 18.5. The zero-order valence-electron chi connectivity index (χ0n) is 14.2. The molecule has 2 aromatic carbocycles. The van der Waals surface area contributed by atoms with Crippen molar-refractivity contribution in [1.82, 2.24) is 4.90 Å². The molecule has 0 spiro atoms. The normalized spacial score (nSPS) is 13.7. The van der Waals surface area contributed by atoms with Crippen LogP contribution in [0.1, 0.15) is 18.4 Å². The average molecular weight is 353 g/mol. The summed E-state index contributed by atoms with van der Waals surface area (Å²) in [7, 11) is 0. The number of benzene rings is 2. The molecule has 1 aliphatic rings. The van der Waals surface area contributed by atoms with Gasteiger partial charge in [-0.1, -0.05) is 30.3 Å². The Kier molecular flexibility index (Phi) is 5.26. The Morgan fingerprint density at radius 1 is 1.12 bits per heavy atom. The molecule has 0 atom stereocenters. The first-order chi connectivity index (χ1) is 12.5. The molecule has 1 saturated heterocycles. The largest absolute Gasteiger partial charge is 0.324 e. The van der Waals surface area contributed by atoms with E-state index in [4.69, 9.17) is 0 Å². The molecule has 0 unspecified atom stereocenters. The highest BCUT2D eigenvalue weighted by Gasteiger charge is 2.25. The molecule has 2 aromatic rings. The smallest absolute Gasteiger partial charge is 0.269 e. The molecule has 0 saturated carbocycles. The van der Waals surface area contributed by atoms with Crippen LogP contribution in [0.15, 0.2) is 54.6 Å². The minimum Gasteiger partial charge on any atom is -0.324 e. The standard InChI is InChI=1S/C19H19N3O4/c23-18-7-4-12-20(18)14-21(16-5-2-1-3-6-16)19(24)13-15-8-10-17(11-9-15)22(25)26/h1-3,5-6,8-11H,4,7,12-14H2. The summed E-state index contributed by atoms with van der Waals surface area (Å²) in [5, 5.41) is 10.7. The summed E-state index contributed by atoms with van der Waals surface area (Å²) < 4.78 is 0. The maximum atomic E-state index is 12.9. The lowest BCUT2D eigenvalue weighted by molar-refractivity contribution is -0.384. The molecule has 3 rings (SSSR count). The van der Waals surface area contributed by atoms with Gasteiger partial charge in [-0.05, 0) is 24.1 Å². The Bertz CT molecular complexity index is 805. The van der Waals surface area contributed by atoms with E-state index < -0.39 is 4.92 Å². The lowest BCUT2D eigenvalue weighted by atomic mass is 10.1. The molecular weight excluding hydrogens is 334 g/mol. The van der Waals surface area contributed by atoms with E-state index in [1.165, 1.54) is 12.1 Å². The molecular formula is C19H19N3O4. The monoisotopic (exact) mass is 353 g/mol. The lowest BCUT2D eigenvalue weighted by Crippen LogP contribution is -2.43. The third-order valence-corrected chi connectivity index (χ3v) is 4.35. The van der Waals surface area contributed by atoms with Gasteiger partial charge in [0.1, 0.15) is 6.67 Å². The fourth-order valence-corrected chi connectivity index (χ4v) is 2.94. The summed E-state index contributed by atoms with van der Waals surface area (Å²) in [6.07, 6.45) is 1.42. The van der Waals surface area contributed by atoms with Crippen molar-refractivity contribution in [3.05, 3.63) is 70.3 Å². The number of anilines is 1. The fourth-order valence-electron chi connectivity index (χ4n) is 2.94. The van der Waals surface area contributed by atoms with Crippen LogP contribution in [0.25, 0.3) is 0 Å². The van der Waals surface area contributed by atoms with Crippen molar-refractivity contribution < 1.29 is 14.5 Å². The van der Waals surface area contributed by atoms with E-state index >= 15 is 0 Å². The van der Waals surface area contributed by atoms with E-state index in [-0.39, 0.29) is 30.6 Å². The first-order valence-electron chi connectivity index (χ1n) is 8.41. The molecule has 1 fully saturated rings. The number of amides is 2. The SMILES string of the molecule is O=C1CCCN1CN(C(=O)Cc1ccc([N+](=O)[O-])cc1)c1ccccc1. The van der Waals surface area contributed by atoms with Crippen LogP contribution in [0.4, 0.5) is 11.4 Å². The number of nitro groups is 1. The van der Waals surface area contributed by atoms with Gasteiger partial charge in [-0.3, -0.25) is 24.6 Å². The van der Waals surface area contributed by atoms with Crippen molar-refractivity contribution >= 4 is 23.2 Å². The van der Waals surface area contributed by atoms with Crippen LogP contribution >= 0.6 is 0 Å². The van der Waals surface area contributed by atoms with Gasteiger partial charge in [0.2, 0.25) is 11.8 Å². The summed E-state index contributed by atoms with van der Waals surface area (Å²) in [6, 6.07) is 15.1. The molecule has 1 heterocycles. The number of likely N-dealkylation sites (tertiary alicyclic amines) is 1. The number of carbonyl (C=O) groups excluding carboxylic acids is 2. The Hall–Kier alpha value is -3.22. The van der Waals surface area contributed by atoms with Crippen LogP contribution in [-0.2, 0) is 16.0 Å². The van der Waals surface area contributed by atoms with Crippen molar-refractivity contribution in [3.8, 4) is 0 Å². The predicted molar refractivity (Wildman–Crippen MR) is 96.5 cm³/mol. The minimum absolute atomic E-state index is 0.0104. The molecule has 1 aliphatic heterocycles. The third kappa shape index (κ3) is 4.05. The molecule has 0 N–H and O–H groups in total. The predicted octanol–water partition coefficient (Wildman–Crippen LogP) is 2.75. The molecule has 0 aromatic heterocycles. The maximum absolute atomic E-state index is 12.9. The van der Waals surface area contributed by atoms with Crippen molar-refractivity contribution in [2.75, 3.05) is 18.1 Å². The van der Waals surface area contributed by atoms with Gasteiger partial charge in [-0.15, -0.1) is 0 Å². The Morgan fingerprint density at radius 3 is 2.38 bits per heavy atom. The number of hydrogen-bond acceptors (Lipinski definition) is 4. The van der Waals surface area contributed by atoms with E-state index in [1.807, 2.05) is 30.3 Å². The second kappa shape index (κ2) is 7.77. The first kappa shape index (κ1) is 17.6. The van der Waals surface area contributed by atoms with Crippen molar-refractivity contribution in [1.29, 1.82) is 0 Å². The van der Waals surface area contributed by atoms with Crippen LogP contribution in [0.2, 0.25) is 0 Å². The van der Waals surface area contributed by atoms with Gasteiger partial charge < -0.3 is 4.90 Å². The van der Waals surface area contributed by atoms with Gasteiger partial charge in [-0.2, -0.15) is 0 Å². The van der Waals surface area contributed by atoms with Gasteiger partial charge in [0, 0.05) is 30.8 Å². The number of para-hydroxylation sites is 1. The summed E-state index contributed by atoms with van der Waals surface area (Å²) in [4.78, 5) is 38.4. The fraction of sp³-hybridized carbons (Fsp3) is 0.263. The molecule has 0 radical (unpaired) electrons. The van der Waals surface area contributed by atoms with E-state index in [0.717, 1.165) is 12.1 Å². The number of hydrogen-bond donors (Lipinski definition) is 0. The summed E-state index contributed by atoms with van der Waals surface area (Å²) in [5.41, 5.74) is 1.40. The van der Waals surface area contributed by atoms with Crippen LogP contribution in [-0.4, -0.2) is 34.9 Å². The molecule has 134 valence electrons. The Labute approximate surface area is 151 Å². The molecule has 7 nitrogen and oxygen atoms in total. The number of nitrogens with zero attached hydrogens (tertiary/aromatic N) is 3. The highest BCUT2D eigenvalue weighted by atomic mass is 16.6. The number of nitro benzene ring substituents is 1. The summed E-state index contributed by atoms with van der Waals surface area (Å²) in [6.45, 7) is 0.863. The van der Waals surface area contributed by atoms with E-state index in [9.17, 15) is 19.7 Å². The van der Waals surface area contributed by atoms with E-state index in [2.05, 4.69) is 0 Å². The van der Waals surface area contributed by atoms with Crippen LogP contribution in [0.3, 0.4) is 0 Å². The van der Waals surface area contributed by atoms with Gasteiger partial charge in [-0.25, -0.2) is 0 Å². The highest BCUT2D eigenvalue weighted by molar-refractivity contribution is 5.95. The number of rotatable bonds is 6. The molecule has 0 bridgehead atoms. The van der Waals surface area contributed by atoms with Gasteiger partial charge in [0.15, 0.2) is 0 Å². The molecule has 26 heavy (non-hydrogen) atoms. The van der Waals surface area contributed by atoms with Gasteiger partial charge >= 0.3 is 0 Å². The quantitative estimate of drug-likeness (QED) is 0.590. The van der Waals surface area contributed by atoms with Crippen molar-refractivity contribution in [2.45, 2.75) is 19.3 Å². The number of carbonyl (C=O) groups is 2. The number of non-ortho nitro benzene ring substituents is 1. The zero-order valence-corrected chi connectivity index (χ0v) is 14.2. The molecule has 2 amide bonds. The highest BCUT2D eigenvalue weighted by Crippen LogP contribution is 2.19. The molecule has 0 aliphatic carbocycles. The Balaban J connectivity index is 1.78. The lowest BCUT2D eigenvalue weighted by Gasteiger charge is -2.28. The second-order valence-electron chi connectivity index (χ2n) is 6.16. The van der Waals surface area contributed by atoms with Gasteiger partial charge in [0.25, 0.3) is 5.69 Å². The van der Waals surface area contributed by atoms with Crippen LogP contribution in [0.5, 0.6) is 0 Å². The third-order valence-electron chi connectivity index (χ3n) is 4.35. The van der Waals surface area contributed by atoms with E-state index in [0.29, 0.717) is 18.5 Å². The van der Waals surface area contributed by atoms with Crippen LogP contribution in [0, 0.1) is 10.1 Å². The van der Waals surface area contributed by atoms with E-state index in [1.54, 1.807) is 21.9 Å². The van der Waals surface area contributed by atoms with Crippen LogP contribution < -0.4 is 4.90 Å². The van der Waals surface area contributed by atoms with Crippen molar-refractivity contribution in [2.24, 2.45) is 0 Å². The molecule has 7 heteroatoms.